The van der Waals surface area contributed by atoms with Crippen molar-refractivity contribution in [2.75, 3.05) is 6.67 Å². The van der Waals surface area contributed by atoms with Crippen LogP contribution in [0.3, 0.4) is 0 Å². The van der Waals surface area contributed by atoms with Crippen LogP contribution in [-0.2, 0) is 0 Å². The first-order valence-corrected chi connectivity index (χ1v) is 4.49. The van der Waals surface area contributed by atoms with E-state index in [2.05, 4.69) is 0 Å². The average Bonchev–Trinajstić information content (AvgIpc) is 2.25. The van der Waals surface area contributed by atoms with Gasteiger partial charge in [-0.2, -0.15) is 5.26 Å². The maximum atomic E-state index is 12.3. The van der Waals surface area contributed by atoms with Gasteiger partial charge >= 0.3 is 0 Å². The summed E-state index contributed by atoms with van der Waals surface area (Å²) in [5, 5.41) is 19.1. The van der Waals surface area contributed by atoms with E-state index in [9.17, 15) is 14.5 Å². The maximum Gasteiger partial charge on any atom is 0.270 e. The summed E-state index contributed by atoms with van der Waals surface area (Å²) < 4.78 is 12.3. The van der Waals surface area contributed by atoms with Crippen LogP contribution < -0.4 is 0 Å². The fourth-order valence-corrected chi connectivity index (χ4v) is 1.28. The SMILES string of the molecule is Cc1cc(/C=C(/C#N)CF)cc([N+](=O)[O-])c1. The number of nitro benzene ring substituents is 1. The van der Waals surface area contributed by atoms with E-state index in [4.69, 9.17) is 5.26 Å². The molecule has 0 heterocycles. The van der Waals surface area contributed by atoms with Crippen LogP contribution in [0, 0.1) is 28.4 Å². The lowest BCUT2D eigenvalue weighted by atomic mass is 10.1. The van der Waals surface area contributed by atoms with Gasteiger partial charge < -0.3 is 0 Å². The molecular formula is C11H9FN2O2. The fraction of sp³-hybridized carbons (Fsp3) is 0.182. The van der Waals surface area contributed by atoms with Crippen LogP contribution in [-0.4, -0.2) is 11.6 Å². The molecule has 0 unspecified atom stereocenters. The maximum absolute atomic E-state index is 12.3. The summed E-state index contributed by atoms with van der Waals surface area (Å²) >= 11 is 0. The van der Waals surface area contributed by atoms with E-state index < -0.39 is 11.6 Å². The van der Waals surface area contributed by atoms with E-state index in [0.717, 1.165) is 0 Å². The van der Waals surface area contributed by atoms with Gasteiger partial charge in [-0.05, 0) is 24.1 Å². The second-order valence-corrected chi connectivity index (χ2v) is 3.27. The van der Waals surface area contributed by atoms with E-state index in [1.165, 1.54) is 18.2 Å². The van der Waals surface area contributed by atoms with Crippen molar-refractivity contribution in [2.24, 2.45) is 0 Å². The van der Waals surface area contributed by atoms with Crippen LogP contribution in [0.4, 0.5) is 10.1 Å². The Labute approximate surface area is 91.8 Å². The van der Waals surface area contributed by atoms with Gasteiger partial charge in [0.1, 0.15) is 6.67 Å². The molecule has 0 fully saturated rings. The number of alkyl halides is 1. The third-order valence-corrected chi connectivity index (χ3v) is 1.92. The van der Waals surface area contributed by atoms with E-state index in [0.29, 0.717) is 11.1 Å². The molecule has 0 spiro atoms. The largest absolute Gasteiger partial charge is 0.270 e. The van der Waals surface area contributed by atoms with Crippen LogP contribution in [0.1, 0.15) is 11.1 Å². The lowest BCUT2D eigenvalue weighted by Gasteiger charge is -1.98. The van der Waals surface area contributed by atoms with Crippen molar-refractivity contribution >= 4 is 11.8 Å². The summed E-state index contributed by atoms with van der Waals surface area (Å²) in [7, 11) is 0. The van der Waals surface area contributed by atoms with Gasteiger partial charge in [0.15, 0.2) is 0 Å². The smallest absolute Gasteiger partial charge is 0.258 e. The lowest BCUT2D eigenvalue weighted by molar-refractivity contribution is -0.384. The molecule has 0 radical (unpaired) electrons. The predicted octanol–water partition coefficient (Wildman–Crippen LogP) is 2.78. The zero-order chi connectivity index (χ0) is 12.1. The number of nitriles is 1. The third kappa shape index (κ3) is 2.89. The van der Waals surface area contributed by atoms with E-state index in [-0.39, 0.29) is 11.3 Å². The Morgan fingerprint density at radius 3 is 2.81 bits per heavy atom. The molecule has 0 N–H and O–H groups in total. The highest BCUT2D eigenvalue weighted by Crippen LogP contribution is 2.18. The number of hydrogen-bond acceptors (Lipinski definition) is 3. The minimum Gasteiger partial charge on any atom is -0.258 e. The van der Waals surface area contributed by atoms with E-state index in [1.54, 1.807) is 19.1 Å². The normalized spacial score (nSPS) is 10.9. The fourth-order valence-electron chi connectivity index (χ4n) is 1.28. The van der Waals surface area contributed by atoms with Crippen LogP contribution in [0.2, 0.25) is 0 Å². The number of hydrogen-bond donors (Lipinski definition) is 0. The van der Waals surface area contributed by atoms with Crippen molar-refractivity contribution in [2.45, 2.75) is 6.92 Å². The molecule has 0 saturated heterocycles. The van der Waals surface area contributed by atoms with Crippen molar-refractivity contribution in [1.29, 1.82) is 5.26 Å². The van der Waals surface area contributed by atoms with Gasteiger partial charge in [0, 0.05) is 12.1 Å². The van der Waals surface area contributed by atoms with Crippen LogP contribution in [0.25, 0.3) is 6.08 Å². The number of aryl methyl sites for hydroxylation is 1. The molecule has 1 aromatic carbocycles. The first-order chi connectivity index (χ1) is 7.56. The second kappa shape index (κ2) is 5.03. The van der Waals surface area contributed by atoms with Gasteiger partial charge in [-0.1, -0.05) is 6.07 Å². The van der Waals surface area contributed by atoms with Crippen molar-refractivity contribution in [1.82, 2.24) is 0 Å². The molecule has 5 heteroatoms. The third-order valence-electron chi connectivity index (χ3n) is 1.92. The topological polar surface area (TPSA) is 66.9 Å². The molecule has 1 rings (SSSR count). The minimum absolute atomic E-state index is 0.0557. The number of halogens is 1. The molecule has 82 valence electrons. The molecule has 0 aliphatic rings. The quantitative estimate of drug-likeness (QED) is 0.447. The minimum atomic E-state index is -0.877. The molecule has 1 aromatic rings. The molecular weight excluding hydrogens is 211 g/mol. The number of nitrogens with zero attached hydrogens (tertiary/aromatic N) is 2. The standard InChI is InChI=1S/C11H9FN2O2/c1-8-2-9(4-10(6-12)7-13)5-11(3-8)14(15)16/h2-5H,6H2,1H3/b10-4+. The monoisotopic (exact) mass is 220 g/mol. The zero-order valence-corrected chi connectivity index (χ0v) is 8.61. The van der Waals surface area contributed by atoms with Crippen molar-refractivity contribution < 1.29 is 9.31 Å². The zero-order valence-electron chi connectivity index (χ0n) is 8.61. The Balaban J connectivity index is 3.21. The molecule has 0 aliphatic carbocycles. The Hall–Kier alpha value is -2.22. The van der Waals surface area contributed by atoms with Gasteiger partial charge in [-0.25, -0.2) is 4.39 Å². The van der Waals surface area contributed by atoms with E-state index in [1.807, 2.05) is 0 Å². The number of allylic oxidation sites excluding steroid dienone is 1. The highest BCUT2D eigenvalue weighted by molar-refractivity contribution is 5.60. The Morgan fingerprint density at radius 2 is 2.31 bits per heavy atom. The Morgan fingerprint density at radius 1 is 1.62 bits per heavy atom. The highest BCUT2D eigenvalue weighted by atomic mass is 19.1. The number of non-ortho nitro benzene ring substituents is 1. The van der Waals surface area contributed by atoms with E-state index >= 15 is 0 Å². The number of nitro groups is 1. The first kappa shape index (κ1) is 11.9. The van der Waals surface area contributed by atoms with Gasteiger partial charge in [-0.3, -0.25) is 10.1 Å². The molecule has 16 heavy (non-hydrogen) atoms. The van der Waals surface area contributed by atoms with Gasteiger partial charge in [0.2, 0.25) is 0 Å². The Bertz CT molecular complexity index is 489. The molecule has 0 aromatic heterocycles. The first-order valence-electron chi connectivity index (χ1n) is 4.49. The molecule has 0 saturated carbocycles. The lowest BCUT2D eigenvalue weighted by Crippen LogP contribution is -1.90. The summed E-state index contributed by atoms with van der Waals surface area (Å²) in [5.41, 5.74) is 1.03. The molecule has 0 amide bonds. The molecule has 0 aliphatic heterocycles. The summed E-state index contributed by atoms with van der Waals surface area (Å²) in [4.78, 5) is 10.1. The molecule has 0 bridgehead atoms. The van der Waals surface area contributed by atoms with Crippen LogP contribution in [0.5, 0.6) is 0 Å². The summed E-state index contributed by atoms with van der Waals surface area (Å²) in [6.45, 7) is 0.823. The van der Waals surface area contributed by atoms with Crippen molar-refractivity contribution in [3.05, 3.63) is 45.0 Å². The van der Waals surface area contributed by atoms with Crippen molar-refractivity contribution in [3.8, 4) is 6.07 Å². The Kier molecular flexibility index (Phi) is 3.72. The van der Waals surface area contributed by atoms with Gasteiger partial charge in [0.25, 0.3) is 5.69 Å². The average molecular weight is 220 g/mol. The van der Waals surface area contributed by atoms with Gasteiger partial charge in [-0.15, -0.1) is 0 Å². The summed E-state index contributed by atoms with van der Waals surface area (Å²) in [6.07, 6.45) is 1.31. The highest BCUT2D eigenvalue weighted by Gasteiger charge is 2.07. The summed E-state index contributed by atoms with van der Waals surface area (Å²) in [5.74, 6) is 0. The molecule has 0 atom stereocenters. The summed E-state index contributed by atoms with van der Waals surface area (Å²) in [6, 6.07) is 6.06. The number of benzene rings is 1. The van der Waals surface area contributed by atoms with Crippen molar-refractivity contribution in [3.63, 3.8) is 0 Å². The van der Waals surface area contributed by atoms with Gasteiger partial charge in [0.05, 0.1) is 16.6 Å². The predicted molar refractivity (Wildman–Crippen MR) is 57.4 cm³/mol. The second-order valence-electron chi connectivity index (χ2n) is 3.27. The molecule has 4 nitrogen and oxygen atoms in total. The van der Waals surface area contributed by atoms with Crippen LogP contribution >= 0.6 is 0 Å². The number of rotatable bonds is 3. The van der Waals surface area contributed by atoms with Crippen LogP contribution in [0.15, 0.2) is 23.8 Å².